The molecular weight excluding hydrogens is 402 g/mol. The molecule has 3 aromatic rings. The highest BCUT2D eigenvalue weighted by Gasteiger charge is 2.27. The zero-order valence-electron chi connectivity index (χ0n) is 18.9. The van der Waals surface area contributed by atoms with Crippen molar-refractivity contribution in [3.05, 3.63) is 47.5 Å². The van der Waals surface area contributed by atoms with Gasteiger partial charge in [0.15, 0.2) is 0 Å². The molecule has 2 aliphatic rings. The first kappa shape index (κ1) is 20.7. The Kier molecular flexibility index (Phi) is 5.68. The van der Waals surface area contributed by atoms with E-state index in [4.69, 9.17) is 4.98 Å². The van der Waals surface area contributed by atoms with Crippen molar-refractivity contribution in [1.29, 1.82) is 0 Å². The molecule has 1 saturated carbocycles. The SMILES string of the molecule is Cc1cc(N2CCN(C(=O)c3c(C)nc4ccccn34)CC2)nc(NC2CCCCC2)n1. The molecule has 8 heteroatoms. The molecule has 0 bridgehead atoms. The number of nitrogens with one attached hydrogen (secondary N) is 1. The Morgan fingerprint density at radius 1 is 1.00 bits per heavy atom. The van der Waals surface area contributed by atoms with Crippen molar-refractivity contribution in [1.82, 2.24) is 24.3 Å². The summed E-state index contributed by atoms with van der Waals surface area (Å²) in [6, 6.07) is 8.31. The minimum atomic E-state index is 0.0411. The van der Waals surface area contributed by atoms with Crippen molar-refractivity contribution in [3.8, 4) is 0 Å². The highest BCUT2D eigenvalue weighted by Crippen LogP contribution is 2.23. The Bertz CT molecular complexity index is 1110. The number of amides is 1. The van der Waals surface area contributed by atoms with Crippen LogP contribution < -0.4 is 10.2 Å². The highest BCUT2D eigenvalue weighted by molar-refractivity contribution is 5.94. The summed E-state index contributed by atoms with van der Waals surface area (Å²) in [5.41, 5.74) is 3.20. The molecular formula is C24H31N7O. The number of aromatic nitrogens is 4. The molecule has 1 amide bonds. The number of hydrogen-bond acceptors (Lipinski definition) is 6. The third kappa shape index (κ3) is 4.13. The van der Waals surface area contributed by atoms with Crippen LogP contribution in [0.3, 0.4) is 0 Å². The fourth-order valence-electron chi connectivity index (χ4n) is 4.87. The van der Waals surface area contributed by atoms with Gasteiger partial charge in [0, 0.05) is 50.2 Å². The monoisotopic (exact) mass is 433 g/mol. The molecule has 3 aromatic heterocycles. The molecule has 8 nitrogen and oxygen atoms in total. The Labute approximate surface area is 188 Å². The molecule has 0 aromatic carbocycles. The fraction of sp³-hybridized carbons (Fsp3) is 0.500. The number of carbonyl (C=O) groups is 1. The van der Waals surface area contributed by atoms with Crippen LogP contribution in [0.4, 0.5) is 11.8 Å². The summed E-state index contributed by atoms with van der Waals surface area (Å²) < 4.78 is 1.89. The second-order valence-electron chi connectivity index (χ2n) is 8.92. The third-order valence-electron chi connectivity index (χ3n) is 6.58. The topological polar surface area (TPSA) is 78.7 Å². The van der Waals surface area contributed by atoms with Crippen molar-refractivity contribution >= 4 is 23.3 Å². The number of anilines is 2. The van der Waals surface area contributed by atoms with Crippen molar-refractivity contribution in [2.75, 3.05) is 36.4 Å². The molecule has 0 spiro atoms. The lowest BCUT2D eigenvalue weighted by molar-refractivity contribution is 0.0738. The van der Waals surface area contributed by atoms with Crippen LogP contribution in [-0.4, -0.2) is 62.4 Å². The van der Waals surface area contributed by atoms with Crippen LogP contribution in [0, 0.1) is 13.8 Å². The lowest BCUT2D eigenvalue weighted by Gasteiger charge is -2.35. The minimum absolute atomic E-state index is 0.0411. The summed E-state index contributed by atoms with van der Waals surface area (Å²) in [5.74, 6) is 1.71. The van der Waals surface area contributed by atoms with Gasteiger partial charge in [-0.15, -0.1) is 0 Å². The van der Waals surface area contributed by atoms with Crippen LogP contribution >= 0.6 is 0 Å². The zero-order chi connectivity index (χ0) is 22.1. The lowest BCUT2D eigenvalue weighted by atomic mass is 9.96. The third-order valence-corrected chi connectivity index (χ3v) is 6.58. The van der Waals surface area contributed by atoms with Crippen LogP contribution in [0.1, 0.15) is 54.0 Å². The predicted octanol–water partition coefficient (Wildman–Crippen LogP) is 3.45. The average molecular weight is 434 g/mol. The molecule has 5 rings (SSSR count). The van der Waals surface area contributed by atoms with E-state index in [2.05, 4.69) is 20.2 Å². The zero-order valence-corrected chi connectivity index (χ0v) is 18.9. The van der Waals surface area contributed by atoms with Gasteiger partial charge in [-0.2, -0.15) is 4.98 Å². The maximum Gasteiger partial charge on any atom is 0.272 e. The molecule has 168 valence electrons. The summed E-state index contributed by atoms with van der Waals surface area (Å²) in [6.45, 7) is 6.74. The van der Waals surface area contributed by atoms with Gasteiger partial charge in [-0.3, -0.25) is 9.20 Å². The molecule has 1 saturated heterocycles. The quantitative estimate of drug-likeness (QED) is 0.679. The number of nitrogens with zero attached hydrogens (tertiary/aromatic N) is 6. The van der Waals surface area contributed by atoms with E-state index in [1.54, 1.807) is 0 Å². The summed E-state index contributed by atoms with van der Waals surface area (Å²) in [4.78, 5) is 31.4. The van der Waals surface area contributed by atoms with Crippen LogP contribution in [-0.2, 0) is 0 Å². The Hall–Kier alpha value is -3.16. The highest BCUT2D eigenvalue weighted by atomic mass is 16.2. The van der Waals surface area contributed by atoms with Gasteiger partial charge in [-0.05, 0) is 38.8 Å². The second kappa shape index (κ2) is 8.76. The molecule has 1 aliphatic carbocycles. The van der Waals surface area contributed by atoms with Crippen LogP contribution in [0.25, 0.3) is 5.65 Å². The molecule has 0 radical (unpaired) electrons. The van der Waals surface area contributed by atoms with Crippen molar-refractivity contribution in [3.63, 3.8) is 0 Å². The smallest absolute Gasteiger partial charge is 0.272 e. The van der Waals surface area contributed by atoms with Gasteiger partial charge in [0.05, 0.1) is 5.69 Å². The Morgan fingerprint density at radius 2 is 1.78 bits per heavy atom. The Balaban J connectivity index is 1.27. The lowest BCUT2D eigenvalue weighted by Crippen LogP contribution is -2.49. The van der Waals surface area contributed by atoms with E-state index in [1.165, 1.54) is 32.1 Å². The first-order chi connectivity index (χ1) is 15.6. The minimum Gasteiger partial charge on any atom is -0.353 e. The van der Waals surface area contributed by atoms with Crippen molar-refractivity contribution in [2.45, 2.75) is 52.0 Å². The van der Waals surface area contributed by atoms with Gasteiger partial charge in [0.2, 0.25) is 5.95 Å². The standard InChI is InChI=1S/C24H31N7O/c1-17-16-21(28-24(25-17)27-19-8-4-3-5-9-19)29-12-14-30(15-13-29)23(32)22-18(2)26-20-10-6-7-11-31(20)22/h6-7,10-11,16,19H,3-5,8-9,12-15H2,1-2H3,(H,25,27,28). The molecule has 1 N–H and O–H groups in total. The maximum absolute atomic E-state index is 13.3. The summed E-state index contributed by atoms with van der Waals surface area (Å²) in [5, 5.41) is 3.55. The molecule has 2 fully saturated rings. The predicted molar refractivity (Wildman–Crippen MR) is 125 cm³/mol. The van der Waals surface area contributed by atoms with E-state index in [9.17, 15) is 4.79 Å². The molecule has 0 atom stereocenters. The van der Waals surface area contributed by atoms with E-state index in [0.717, 1.165) is 41.9 Å². The molecule has 32 heavy (non-hydrogen) atoms. The van der Waals surface area contributed by atoms with Crippen LogP contribution in [0.5, 0.6) is 0 Å². The van der Waals surface area contributed by atoms with Gasteiger partial charge >= 0.3 is 0 Å². The number of piperazine rings is 1. The number of rotatable bonds is 4. The largest absolute Gasteiger partial charge is 0.353 e. The van der Waals surface area contributed by atoms with E-state index >= 15 is 0 Å². The first-order valence-corrected chi connectivity index (χ1v) is 11.7. The second-order valence-corrected chi connectivity index (χ2v) is 8.92. The summed E-state index contributed by atoms with van der Waals surface area (Å²) >= 11 is 0. The van der Waals surface area contributed by atoms with Crippen LogP contribution in [0.2, 0.25) is 0 Å². The number of imidazole rings is 1. The molecule has 0 unspecified atom stereocenters. The average Bonchev–Trinajstić information content (AvgIpc) is 3.14. The van der Waals surface area contributed by atoms with Gasteiger partial charge in [-0.25, -0.2) is 9.97 Å². The fourth-order valence-corrected chi connectivity index (χ4v) is 4.87. The van der Waals surface area contributed by atoms with Crippen LogP contribution in [0.15, 0.2) is 30.5 Å². The van der Waals surface area contributed by atoms with Gasteiger partial charge in [0.25, 0.3) is 5.91 Å². The van der Waals surface area contributed by atoms with Gasteiger partial charge in [0.1, 0.15) is 17.2 Å². The summed E-state index contributed by atoms with van der Waals surface area (Å²) in [6.07, 6.45) is 8.17. The van der Waals surface area contributed by atoms with Gasteiger partial charge < -0.3 is 15.1 Å². The van der Waals surface area contributed by atoms with E-state index in [0.29, 0.717) is 24.8 Å². The first-order valence-electron chi connectivity index (χ1n) is 11.7. The maximum atomic E-state index is 13.3. The molecule has 4 heterocycles. The summed E-state index contributed by atoms with van der Waals surface area (Å²) in [7, 11) is 0. The van der Waals surface area contributed by atoms with E-state index < -0.39 is 0 Å². The number of pyridine rings is 1. The Morgan fingerprint density at radius 3 is 2.56 bits per heavy atom. The molecule has 1 aliphatic heterocycles. The number of hydrogen-bond donors (Lipinski definition) is 1. The number of aryl methyl sites for hydroxylation is 2. The van der Waals surface area contributed by atoms with E-state index in [-0.39, 0.29) is 5.91 Å². The number of fused-ring (bicyclic) bond motifs is 1. The van der Waals surface area contributed by atoms with Gasteiger partial charge in [-0.1, -0.05) is 25.3 Å². The van der Waals surface area contributed by atoms with Crippen molar-refractivity contribution in [2.24, 2.45) is 0 Å². The van der Waals surface area contributed by atoms with E-state index in [1.807, 2.05) is 53.6 Å². The normalized spacial score (nSPS) is 17.7. The number of carbonyl (C=O) groups excluding carboxylic acids is 1. The van der Waals surface area contributed by atoms with Crippen molar-refractivity contribution < 1.29 is 4.79 Å².